The number of nitrogens with two attached hydrogens (primary N) is 1. The average molecular weight is 288 g/mol. The van der Waals surface area contributed by atoms with Gasteiger partial charge in [0.1, 0.15) is 0 Å². The SMILES string of the molecule is Nc1ccc(Cl)c(CS(=O)(=O)CC2CCCC2)c1. The molecule has 0 spiro atoms. The first-order valence-corrected chi connectivity index (χ1v) is 8.40. The van der Waals surface area contributed by atoms with E-state index in [1.165, 1.54) is 0 Å². The van der Waals surface area contributed by atoms with E-state index in [1.807, 2.05) is 0 Å². The van der Waals surface area contributed by atoms with E-state index in [1.54, 1.807) is 18.2 Å². The molecule has 0 aromatic heterocycles. The van der Waals surface area contributed by atoms with Gasteiger partial charge in [-0.05, 0) is 42.5 Å². The summed E-state index contributed by atoms with van der Waals surface area (Å²) in [5.74, 6) is 0.598. The summed E-state index contributed by atoms with van der Waals surface area (Å²) in [5.41, 5.74) is 6.81. The molecule has 0 radical (unpaired) electrons. The van der Waals surface area contributed by atoms with Gasteiger partial charge in [0.05, 0.1) is 11.5 Å². The lowest BCUT2D eigenvalue weighted by atomic mass is 10.1. The first-order valence-electron chi connectivity index (χ1n) is 6.20. The fourth-order valence-corrected chi connectivity index (χ4v) is 4.68. The Morgan fingerprint density at radius 3 is 2.61 bits per heavy atom. The molecule has 0 atom stereocenters. The Morgan fingerprint density at radius 2 is 1.94 bits per heavy atom. The van der Waals surface area contributed by atoms with Gasteiger partial charge >= 0.3 is 0 Å². The lowest BCUT2D eigenvalue weighted by Gasteiger charge is -2.11. The van der Waals surface area contributed by atoms with Gasteiger partial charge in [0, 0.05) is 10.7 Å². The van der Waals surface area contributed by atoms with Crippen molar-refractivity contribution in [2.75, 3.05) is 11.5 Å². The second kappa shape index (κ2) is 5.49. The highest BCUT2D eigenvalue weighted by Gasteiger charge is 2.23. The van der Waals surface area contributed by atoms with Crippen LogP contribution in [0.15, 0.2) is 18.2 Å². The summed E-state index contributed by atoms with van der Waals surface area (Å²) in [4.78, 5) is 0. The Morgan fingerprint density at radius 1 is 1.28 bits per heavy atom. The van der Waals surface area contributed by atoms with Gasteiger partial charge in [-0.3, -0.25) is 0 Å². The molecular formula is C13H18ClNO2S. The van der Waals surface area contributed by atoms with E-state index >= 15 is 0 Å². The minimum absolute atomic E-state index is 0.00657. The summed E-state index contributed by atoms with van der Waals surface area (Å²) < 4.78 is 24.2. The van der Waals surface area contributed by atoms with E-state index in [2.05, 4.69) is 0 Å². The van der Waals surface area contributed by atoms with Crippen molar-refractivity contribution in [1.82, 2.24) is 0 Å². The highest BCUT2D eigenvalue weighted by atomic mass is 35.5. The molecule has 1 fully saturated rings. The number of anilines is 1. The first-order chi connectivity index (χ1) is 8.46. The zero-order chi connectivity index (χ0) is 13.2. The molecule has 0 bridgehead atoms. The van der Waals surface area contributed by atoms with Gasteiger partial charge < -0.3 is 5.73 Å². The number of hydrogen-bond donors (Lipinski definition) is 1. The van der Waals surface area contributed by atoms with Crippen molar-refractivity contribution in [3.8, 4) is 0 Å². The second-order valence-corrected chi connectivity index (χ2v) is 7.57. The van der Waals surface area contributed by atoms with Crippen molar-refractivity contribution in [2.24, 2.45) is 5.92 Å². The Labute approximate surface area is 113 Å². The summed E-state index contributed by atoms with van der Waals surface area (Å²) in [6.45, 7) is 0. The standard InChI is InChI=1S/C13H18ClNO2S/c14-13-6-5-12(15)7-11(13)9-18(16,17)8-10-3-1-2-4-10/h5-7,10H,1-4,8-9,15H2. The Bertz CT molecular complexity index is 522. The molecule has 1 aliphatic carbocycles. The predicted molar refractivity (Wildman–Crippen MR) is 75.3 cm³/mol. The predicted octanol–water partition coefficient (Wildman–Crippen LogP) is 3.03. The topological polar surface area (TPSA) is 60.2 Å². The van der Waals surface area contributed by atoms with E-state index in [-0.39, 0.29) is 11.5 Å². The van der Waals surface area contributed by atoms with E-state index in [0.717, 1.165) is 25.7 Å². The van der Waals surface area contributed by atoms with Gasteiger partial charge in [-0.25, -0.2) is 8.42 Å². The van der Waals surface area contributed by atoms with Gasteiger partial charge in [0.15, 0.2) is 9.84 Å². The molecule has 0 amide bonds. The summed E-state index contributed by atoms with van der Waals surface area (Å²) in [5, 5.41) is 0.471. The lowest BCUT2D eigenvalue weighted by molar-refractivity contribution is 0.558. The van der Waals surface area contributed by atoms with Crippen LogP contribution in [0, 0.1) is 5.92 Å². The Kier molecular flexibility index (Phi) is 4.17. The van der Waals surface area contributed by atoms with Crippen LogP contribution in [0.25, 0.3) is 0 Å². The molecule has 5 heteroatoms. The van der Waals surface area contributed by atoms with Gasteiger partial charge in [-0.1, -0.05) is 24.4 Å². The molecule has 1 aromatic rings. The van der Waals surface area contributed by atoms with Crippen LogP contribution in [-0.4, -0.2) is 14.2 Å². The molecule has 18 heavy (non-hydrogen) atoms. The summed E-state index contributed by atoms with van der Waals surface area (Å²) in [6, 6.07) is 4.97. The third-order valence-corrected chi connectivity index (χ3v) is 5.51. The molecule has 100 valence electrons. The van der Waals surface area contributed by atoms with Crippen LogP contribution in [-0.2, 0) is 15.6 Å². The third kappa shape index (κ3) is 3.62. The molecule has 0 aliphatic heterocycles. The van der Waals surface area contributed by atoms with Gasteiger partial charge in [-0.15, -0.1) is 0 Å². The quantitative estimate of drug-likeness (QED) is 0.866. The van der Waals surface area contributed by atoms with Crippen molar-refractivity contribution >= 4 is 27.1 Å². The largest absolute Gasteiger partial charge is 0.399 e. The number of halogens is 1. The van der Waals surface area contributed by atoms with Gasteiger partial charge in [0.2, 0.25) is 0 Å². The van der Waals surface area contributed by atoms with Crippen LogP contribution in [0.5, 0.6) is 0 Å². The maximum atomic E-state index is 12.1. The van der Waals surface area contributed by atoms with E-state index in [4.69, 9.17) is 17.3 Å². The molecular weight excluding hydrogens is 270 g/mol. The van der Waals surface area contributed by atoms with Crippen LogP contribution in [0.3, 0.4) is 0 Å². The molecule has 2 N–H and O–H groups in total. The van der Waals surface area contributed by atoms with E-state index in [9.17, 15) is 8.42 Å². The summed E-state index contributed by atoms with van der Waals surface area (Å²) >= 11 is 6.00. The van der Waals surface area contributed by atoms with Crippen molar-refractivity contribution < 1.29 is 8.42 Å². The van der Waals surface area contributed by atoms with Crippen LogP contribution < -0.4 is 5.73 Å². The maximum Gasteiger partial charge on any atom is 0.154 e. The minimum atomic E-state index is -3.10. The average Bonchev–Trinajstić information content (AvgIpc) is 2.75. The Hall–Kier alpha value is -0.740. The highest BCUT2D eigenvalue weighted by Crippen LogP contribution is 2.28. The van der Waals surface area contributed by atoms with Gasteiger partial charge in [-0.2, -0.15) is 0 Å². The third-order valence-electron chi connectivity index (χ3n) is 3.41. The molecule has 1 aromatic carbocycles. The molecule has 1 aliphatic rings. The zero-order valence-electron chi connectivity index (χ0n) is 10.2. The molecule has 3 nitrogen and oxygen atoms in total. The van der Waals surface area contributed by atoms with Crippen molar-refractivity contribution in [1.29, 1.82) is 0 Å². The van der Waals surface area contributed by atoms with Gasteiger partial charge in [0.25, 0.3) is 0 Å². The molecule has 0 heterocycles. The van der Waals surface area contributed by atoms with E-state index < -0.39 is 9.84 Å². The maximum absolute atomic E-state index is 12.1. The summed E-state index contributed by atoms with van der Waals surface area (Å²) in [7, 11) is -3.10. The van der Waals surface area contributed by atoms with Crippen LogP contribution in [0.4, 0.5) is 5.69 Å². The van der Waals surface area contributed by atoms with Crippen LogP contribution in [0.1, 0.15) is 31.2 Å². The van der Waals surface area contributed by atoms with Crippen molar-refractivity contribution in [3.05, 3.63) is 28.8 Å². The highest BCUT2D eigenvalue weighted by molar-refractivity contribution is 7.90. The zero-order valence-corrected chi connectivity index (χ0v) is 11.8. The lowest BCUT2D eigenvalue weighted by Crippen LogP contribution is -2.16. The first kappa shape index (κ1) is 13.7. The smallest absolute Gasteiger partial charge is 0.154 e. The molecule has 0 unspecified atom stereocenters. The van der Waals surface area contributed by atoms with Crippen LogP contribution >= 0.6 is 11.6 Å². The minimum Gasteiger partial charge on any atom is -0.399 e. The summed E-state index contributed by atoms with van der Waals surface area (Å²) in [6.07, 6.45) is 4.37. The van der Waals surface area contributed by atoms with Crippen molar-refractivity contribution in [2.45, 2.75) is 31.4 Å². The second-order valence-electron chi connectivity index (χ2n) is 5.06. The molecule has 2 rings (SSSR count). The number of nitrogen functional groups attached to an aromatic ring is 1. The Balaban J connectivity index is 2.09. The van der Waals surface area contributed by atoms with Crippen LogP contribution in [0.2, 0.25) is 5.02 Å². The molecule has 0 saturated heterocycles. The number of rotatable bonds is 4. The van der Waals surface area contributed by atoms with Crippen molar-refractivity contribution in [3.63, 3.8) is 0 Å². The fourth-order valence-electron chi connectivity index (χ4n) is 2.54. The monoisotopic (exact) mass is 287 g/mol. The molecule has 1 saturated carbocycles. The van der Waals surface area contributed by atoms with E-state index in [0.29, 0.717) is 22.2 Å². The number of benzene rings is 1. The number of sulfone groups is 1. The fraction of sp³-hybridized carbons (Fsp3) is 0.538. The normalized spacial score (nSPS) is 17.2. The number of hydrogen-bond acceptors (Lipinski definition) is 3.